The number of hydrogen-bond acceptors (Lipinski definition) is 3. The summed E-state index contributed by atoms with van der Waals surface area (Å²) in [6.45, 7) is 2.46. The van der Waals surface area contributed by atoms with E-state index in [2.05, 4.69) is 5.32 Å². The highest BCUT2D eigenvalue weighted by atomic mass is 16.5. The smallest absolute Gasteiger partial charge is 0.244 e. The zero-order valence-corrected chi connectivity index (χ0v) is 12.9. The van der Waals surface area contributed by atoms with Crippen molar-refractivity contribution in [3.8, 4) is 0 Å². The molecule has 4 heteroatoms. The molecule has 2 aromatic rings. The molecule has 22 heavy (non-hydrogen) atoms. The molecule has 1 aromatic carbocycles. The fourth-order valence-electron chi connectivity index (χ4n) is 2.34. The van der Waals surface area contributed by atoms with Crippen LogP contribution in [0, 0.1) is 0 Å². The van der Waals surface area contributed by atoms with Gasteiger partial charge in [-0.2, -0.15) is 0 Å². The second-order valence-corrected chi connectivity index (χ2v) is 5.03. The molecular weight excluding hydrogens is 278 g/mol. The van der Waals surface area contributed by atoms with Gasteiger partial charge in [0.2, 0.25) is 5.91 Å². The molecule has 116 valence electrons. The van der Waals surface area contributed by atoms with E-state index < -0.39 is 5.60 Å². The molecule has 1 unspecified atom stereocenters. The Labute approximate surface area is 130 Å². The maximum absolute atomic E-state index is 12.0. The van der Waals surface area contributed by atoms with E-state index in [4.69, 9.17) is 9.15 Å². The second kappa shape index (κ2) is 7.61. The van der Waals surface area contributed by atoms with Gasteiger partial charge in [0.05, 0.1) is 19.1 Å². The average Bonchev–Trinajstić information content (AvgIpc) is 3.09. The van der Waals surface area contributed by atoms with Gasteiger partial charge in [-0.15, -0.1) is 0 Å². The van der Waals surface area contributed by atoms with Gasteiger partial charge in [-0.1, -0.05) is 37.3 Å². The minimum Gasteiger partial charge on any atom is -0.472 e. The first-order valence-corrected chi connectivity index (χ1v) is 7.29. The molecule has 0 radical (unpaired) electrons. The van der Waals surface area contributed by atoms with Crippen LogP contribution in [0.25, 0.3) is 6.08 Å². The Morgan fingerprint density at radius 1 is 1.32 bits per heavy atom. The standard InChI is InChI=1S/C18H21NO3/c1-3-18(21-2,16-7-5-4-6-8-16)14-19-17(20)10-9-15-11-12-22-13-15/h4-13H,3,14H2,1-2H3,(H,19,20)/b10-9+. The highest BCUT2D eigenvalue weighted by Crippen LogP contribution is 2.27. The third kappa shape index (κ3) is 3.86. The zero-order chi connectivity index (χ0) is 15.8. The molecule has 2 rings (SSSR count). The van der Waals surface area contributed by atoms with Gasteiger partial charge in [0.25, 0.3) is 0 Å². The zero-order valence-electron chi connectivity index (χ0n) is 12.9. The van der Waals surface area contributed by atoms with Crippen molar-refractivity contribution in [3.05, 3.63) is 66.1 Å². The molecule has 0 bridgehead atoms. The van der Waals surface area contributed by atoms with Crippen molar-refractivity contribution in [2.45, 2.75) is 18.9 Å². The quantitative estimate of drug-likeness (QED) is 0.798. The molecule has 1 heterocycles. The number of methoxy groups -OCH3 is 1. The second-order valence-electron chi connectivity index (χ2n) is 5.03. The Kier molecular flexibility index (Phi) is 5.55. The normalized spacial score (nSPS) is 13.9. The van der Waals surface area contributed by atoms with Crippen LogP contribution >= 0.6 is 0 Å². The number of benzene rings is 1. The van der Waals surface area contributed by atoms with Crippen LogP contribution < -0.4 is 5.32 Å². The van der Waals surface area contributed by atoms with E-state index >= 15 is 0 Å². The maximum Gasteiger partial charge on any atom is 0.244 e. The predicted molar refractivity (Wildman–Crippen MR) is 86.2 cm³/mol. The van der Waals surface area contributed by atoms with Crippen molar-refractivity contribution < 1.29 is 13.9 Å². The fraction of sp³-hybridized carbons (Fsp3) is 0.278. The van der Waals surface area contributed by atoms with E-state index in [9.17, 15) is 4.79 Å². The van der Waals surface area contributed by atoms with Gasteiger partial charge in [0.15, 0.2) is 0 Å². The maximum atomic E-state index is 12.0. The molecule has 1 atom stereocenters. The monoisotopic (exact) mass is 299 g/mol. The molecule has 1 aromatic heterocycles. The average molecular weight is 299 g/mol. The summed E-state index contributed by atoms with van der Waals surface area (Å²) in [6.07, 6.45) is 7.12. The summed E-state index contributed by atoms with van der Waals surface area (Å²) in [4.78, 5) is 12.0. The van der Waals surface area contributed by atoms with E-state index in [1.807, 2.05) is 37.3 Å². The SMILES string of the molecule is CCC(CNC(=O)/C=C/c1ccoc1)(OC)c1ccccc1. The molecule has 0 aliphatic carbocycles. The van der Waals surface area contributed by atoms with Gasteiger partial charge in [0.1, 0.15) is 5.60 Å². The topological polar surface area (TPSA) is 51.5 Å². The number of hydrogen-bond donors (Lipinski definition) is 1. The van der Waals surface area contributed by atoms with Crippen molar-refractivity contribution in [2.24, 2.45) is 0 Å². The molecule has 1 amide bonds. The number of ether oxygens (including phenoxy) is 1. The summed E-state index contributed by atoms with van der Waals surface area (Å²) in [5.74, 6) is -0.160. The summed E-state index contributed by atoms with van der Waals surface area (Å²) < 4.78 is 10.7. The third-order valence-corrected chi connectivity index (χ3v) is 3.78. The Hall–Kier alpha value is -2.33. The molecule has 0 saturated carbocycles. The molecule has 0 aliphatic heterocycles. The predicted octanol–water partition coefficient (Wildman–Crippen LogP) is 3.36. The van der Waals surface area contributed by atoms with Gasteiger partial charge in [-0.3, -0.25) is 4.79 Å². The van der Waals surface area contributed by atoms with Crippen molar-refractivity contribution >= 4 is 12.0 Å². The summed E-state index contributed by atoms with van der Waals surface area (Å²) >= 11 is 0. The highest BCUT2D eigenvalue weighted by Gasteiger charge is 2.30. The molecule has 4 nitrogen and oxygen atoms in total. The first-order chi connectivity index (χ1) is 10.7. The summed E-state index contributed by atoms with van der Waals surface area (Å²) in [5, 5.41) is 2.90. The minimum atomic E-state index is -0.513. The number of carbonyl (C=O) groups is 1. The van der Waals surface area contributed by atoms with Crippen molar-refractivity contribution in [3.63, 3.8) is 0 Å². The third-order valence-electron chi connectivity index (χ3n) is 3.78. The van der Waals surface area contributed by atoms with Crippen LogP contribution in [0.2, 0.25) is 0 Å². The number of nitrogens with one attached hydrogen (secondary N) is 1. The van der Waals surface area contributed by atoms with Crippen LogP contribution in [0.4, 0.5) is 0 Å². The number of amides is 1. The molecule has 1 N–H and O–H groups in total. The molecule has 0 aliphatic rings. The largest absolute Gasteiger partial charge is 0.472 e. The van der Waals surface area contributed by atoms with Gasteiger partial charge in [-0.05, 0) is 24.1 Å². The Bertz CT molecular complexity index is 599. The van der Waals surface area contributed by atoms with Crippen molar-refractivity contribution in [2.75, 3.05) is 13.7 Å². The molecule has 0 spiro atoms. The van der Waals surface area contributed by atoms with Crippen LogP contribution in [0.1, 0.15) is 24.5 Å². The van der Waals surface area contributed by atoms with E-state index in [1.165, 1.54) is 6.08 Å². The van der Waals surface area contributed by atoms with Gasteiger partial charge < -0.3 is 14.5 Å². The van der Waals surface area contributed by atoms with Crippen LogP contribution in [-0.4, -0.2) is 19.6 Å². The molecular formula is C18H21NO3. The molecule has 0 saturated heterocycles. The Morgan fingerprint density at radius 3 is 2.68 bits per heavy atom. The van der Waals surface area contributed by atoms with E-state index in [0.717, 1.165) is 17.5 Å². The van der Waals surface area contributed by atoms with Crippen molar-refractivity contribution in [1.29, 1.82) is 0 Å². The lowest BCUT2D eigenvalue weighted by Gasteiger charge is -2.32. The van der Waals surface area contributed by atoms with Crippen LogP contribution in [0.3, 0.4) is 0 Å². The lowest BCUT2D eigenvalue weighted by molar-refractivity contribution is -0.118. The van der Waals surface area contributed by atoms with Gasteiger partial charge >= 0.3 is 0 Å². The van der Waals surface area contributed by atoms with E-state index in [1.54, 1.807) is 31.8 Å². The van der Waals surface area contributed by atoms with Gasteiger partial charge in [0, 0.05) is 18.7 Å². The lowest BCUT2D eigenvalue weighted by atomic mass is 9.90. The number of carbonyl (C=O) groups excluding carboxylic acids is 1. The first-order valence-electron chi connectivity index (χ1n) is 7.29. The Morgan fingerprint density at radius 2 is 2.09 bits per heavy atom. The number of rotatable bonds is 7. The highest BCUT2D eigenvalue weighted by molar-refractivity contribution is 5.91. The Balaban J connectivity index is 2.01. The van der Waals surface area contributed by atoms with Crippen LogP contribution in [0.5, 0.6) is 0 Å². The molecule has 0 fully saturated rings. The van der Waals surface area contributed by atoms with E-state index in [-0.39, 0.29) is 5.91 Å². The van der Waals surface area contributed by atoms with Gasteiger partial charge in [-0.25, -0.2) is 0 Å². The summed E-state index contributed by atoms with van der Waals surface area (Å²) in [6, 6.07) is 11.7. The summed E-state index contributed by atoms with van der Waals surface area (Å²) in [5.41, 5.74) is 1.39. The lowest BCUT2D eigenvalue weighted by Crippen LogP contribution is -2.41. The fourth-order valence-corrected chi connectivity index (χ4v) is 2.34. The summed E-state index contributed by atoms with van der Waals surface area (Å²) in [7, 11) is 1.67. The number of furan rings is 1. The minimum absolute atomic E-state index is 0.160. The van der Waals surface area contributed by atoms with E-state index in [0.29, 0.717) is 6.54 Å². The van der Waals surface area contributed by atoms with Crippen molar-refractivity contribution in [1.82, 2.24) is 5.32 Å². The van der Waals surface area contributed by atoms with Crippen LogP contribution in [0.15, 0.2) is 59.4 Å². The van der Waals surface area contributed by atoms with Crippen LogP contribution in [-0.2, 0) is 15.1 Å². The first kappa shape index (κ1) is 16.0.